The lowest BCUT2D eigenvalue weighted by molar-refractivity contribution is 0.587. The molecule has 3 nitrogen and oxygen atoms in total. The predicted molar refractivity (Wildman–Crippen MR) is 92.4 cm³/mol. The molecule has 23 heavy (non-hydrogen) atoms. The number of rotatable bonds is 6. The molecule has 5 heteroatoms. The third-order valence-corrected chi connectivity index (χ3v) is 4.06. The monoisotopic (exact) mass is 373 g/mol. The van der Waals surface area contributed by atoms with E-state index in [0.717, 1.165) is 11.0 Å². The fourth-order valence-electron chi connectivity index (χ4n) is 2.45. The summed E-state index contributed by atoms with van der Waals surface area (Å²) in [4.78, 5) is 4.05. The molecule has 0 aliphatic heterocycles. The first-order chi connectivity index (χ1) is 11.2. The third kappa shape index (κ3) is 4.50. The summed E-state index contributed by atoms with van der Waals surface area (Å²) in [6, 6.07) is 13.4. The molecule has 0 fully saturated rings. The minimum atomic E-state index is -0.186. The Morgan fingerprint density at radius 2 is 1.96 bits per heavy atom. The van der Waals surface area contributed by atoms with E-state index in [1.54, 1.807) is 24.7 Å². The normalized spacial score (nSPS) is 10.9. The van der Waals surface area contributed by atoms with Gasteiger partial charge in [-0.25, -0.2) is 9.37 Å². The zero-order valence-electron chi connectivity index (χ0n) is 12.5. The molecule has 0 amide bonds. The second kappa shape index (κ2) is 7.53. The first kappa shape index (κ1) is 15.9. The van der Waals surface area contributed by atoms with E-state index in [1.807, 2.05) is 16.8 Å². The Kier molecular flexibility index (Phi) is 5.20. The summed E-state index contributed by atoms with van der Waals surface area (Å²) in [6.07, 6.45) is 5.53. The van der Waals surface area contributed by atoms with Gasteiger partial charge in [-0.3, -0.25) is 0 Å². The van der Waals surface area contributed by atoms with Crippen LogP contribution in [0.5, 0.6) is 0 Å². The standard InChI is InChI=1S/C18H17BrFN3/c19-17-4-5-18(20)16(9-17)11-22-10-14-2-1-3-15(8-14)12-23-7-6-21-13-23/h1-9,13,22H,10-12H2. The number of aromatic nitrogens is 2. The van der Waals surface area contributed by atoms with Crippen molar-refractivity contribution < 1.29 is 4.39 Å². The Bertz CT molecular complexity index is 772. The second-order valence-corrected chi connectivity index (χ2v) is 6.31. The molecule has 0 atom stereocenters. The number of nitrogens with zero attached hydrogens (tertiary/aromatic N) is 2. The van der Waals surface area contributed by atoms with E-state index < -0.39 is 0 Å². The maximum absolute atomic E-state index is 13.7. The number of halogens is 2. The van der Waals surface area contributed by atoms with Crippen LogP contribution in [0.2, 0.25) is 0 Å². The molecule has 0 aliphatic rings. The van der Waals surface area contributed by atoms with Gasteiger partial charge in [-0.05, 0) is 29.3 Å². The van der Waals surface area contributed by atoms with Crippen molar-refractivity contribution in [1.82, 2.24) is 14.9 Å². The maximum atomic E-state index is 13.7. The quantitative estimate of drug-likeness (QED) is 0.704. The highest BCUT2D eigenvalue weighted by Gasteiger charge is 2.03. The minimum absolute atomic E-state index is 0.186. The molecule has 0 aliphatic carbocycles. The van der Waals surface area contributed by atoms with Gasteiger partial charge < -0.3 is 9.88 Å². The van der Waals surface area contributed by atoms with Crippen LogP contribution >= 0.6 is 15.9 Å². The SMILES string of the molecule is Fc1ccc(Br)cc1CNCc1cccc(Cn2ccnc2)c1. The van der Waals surface area contributed by atoms with Crippen LogP contribution in [-0.4, -0.2) is 9.55 Å². The molecule has 0 saturated carbocycles. The summed E-state index contributed by atoms with van der Waals surface area (Å²) in [6.45, 7) is 1.99. The first-order valence-corrected chi connectivity index (χ1v) is 8.18. The third-order valence-electron chi connectivity index (χ3n) is 3.57. The Labute approximate surface area is 143 Å². The van der Waals surface area contributed by atoms with Crippen molar-refractivity contribution in [2.24, 2.45) is 0 Å². The van der Waals surface area contributed by atoms with E-state index in [0.29, 0.717) is 18.7 Å². The molecule has 1 heterocycles. The topological polar surface area (TPSA) is 29.9 Å². The van der Waals surface area contributed by atoms with Crippen molar-refractivity contribution in [3.63, 3.8) is 0 Å². The van der Waals surface area contributed by atoms with Gasteiger partial charge in [-0.1, -0.05) is 40.2 Å². The van der Waals surface area contributed by atoms with Gasteiger partial charge in [0.05, 0.1) is 6.33 Å². The molecule has 2 aromatic carbocycles. The van der Waals surface area contributed by atoms with Crippen LogP contribution in [0.15, 0.2) is 65.7 Å². The van der Waals surface area contributed by atoms with E-state index in [2.05, 4.69) is 44.4 Å². The number of hydrogen-bond donors (Lipinski definition) is 1. The van der Waals surface area contributed by atoms with E-state index in [1.165, 1.54) is 17.2 Å². The van der Waals surface area contributed by atoms with Crippen LogP contribution in [-0.2, 0) is 19.6 Å². The molecular weight excluding hydrogens is 357 g/mol. The molecule has 0 spiro atoms. The van der Waals surface area contributed by atoms with Gasteiger partial charge >= 0.3 is 0 Å². The highest BCUT2D eigenvalue weighted by atomic mass is 79.9. The van der Waals surface area contributed by atoms with Crippen molar-refractivity contribution >= 4 is 15.9 Å². The summed E-state index contributed by atoms with van der Waals surface area (Å²) in [7, 11) is 0. The molecule has 1 aromatic heterocycles. The van der Waals surface area contributed by atoms with Crippen LogP contribution in [0.25, 0.3) is 0 Å². The van der Waals surface area contributed by atoms with Crippen LogP contribution < -0.4 is 5.32 Å². The van der Waals surface area contributed by atoms with Crippen molar-refractivity contribution in [2.75, 3.05) is 0 Å². The molecule has 1 N–H and O–H groups in total. The Balaban J connectivity index is 1.59. The maximum Gasteiger partial charge on any atom is 0.127 e. The predicted octanol–water partition coefficient (Wildman–Crippen LogP) is 4.12. The van der Waals surface area contributed by atoms with Crippen molar-refractivity contribution in [1.29, 1.82) is 0 Å². The lowest BCUT2D eigenvalue weighted by Gasteiger charge is -2.09. The van der Waals surface area contributed by atoms with Gasteiger partial charge in [0, 0.05) is 42.1 Å². The van der Waals surface area contributed by atoms with Gasteiger partial charge in [0.15, 0.2) is 0 Å². The molecule has 0 unspecified atom stereocenters. The fraction of sp³-hybridized carbons (Fsp3) is 0.167. The summed E-state index contributed by atoms with van der Waals surface area (Å²) < 4.78 is 16.6. The molecular formula is C18H17BrFN3. The van der Waals surface area contributed by atoms with Gasteiger partial charge in [0.2, 0.25) is 0 Å². The van der Waals surface area contributed by atoms with Crippen LogP contribution in [0.4, 0.5) is 4.39 Å². The number of nitrogens with one attached hydrogen (secondary N) is 1. The molecule has 118 valence electrons. The van der Waals surface area contributed by atoms with Crippen molar-refractivity contribution in [2.45, 2.75) is 19.6 Å². The first-order valence-electron chi connectivity index (χ1n) is 7.39. The Morgan fingerprint density at radius 3 is 2.78 bits per heavy atom. The average molecular weight is 374 g/mol. The molecule has 0 bridgehead atoms. The van der Waals surface area contributed by atoms with Crippen LogP contribution in [0.1, 0.15) is 16.7 Å². The highest BCUT2D eigenvalue weighted by Crippen LogP contribution is 2.15. The van der Waals surface area contributed by atoms with Crippen molar-refractivity contribution in [3.8, 4) is 0 Å². The highest BCUT2D eigenvalue weighted by molar-refractivity contribution is 9.10. The summed E-state index contributed by atoms with van der Waals surface area (Å²) >= 11 is 3.37. The van der Waals surface area contributed by atoms with Gasteiger partial charge in [0.1, 0.15) is 5.82 Å². The summed E-state index contributed by atoms with van der Waals surface area (Å²) in [5, 5.41) is 3.29. The summed E-state index contributed by atoms with van der Waals surface area (Å²) in [5.41, 5.74) is 3.06. The van der Waals surface area contributed by atoms with E-state index in [-0.39, 0.29) is 5.82 Å². The van der Waals surface area contributed by atoms with Crippen LogP contribution in [0.3, 0.4) is 0 Å². The van der Waals surface area contributed by atoms with Gasteiger partial charge in [-0.15, -0.1) is 0 Å². The number of hydrogen-bond acceptors (Lipinski definition) is 2. The minimum Gasteiger partial charge on any atom is -0.333 e. The molecule has 0 radical (unpaired) electrons. The molecule has 3 aromatic rings. The van der Waals surface area contributed by atoms with E-state index >= 15 is 0 Å². The fourth-order valence-corrected chi connectivity index (χ4v) is 2.86. The molecule has 0 saturated heterocycles. The van der Waals surface area contributed by atoms with Crippen molar-refractivity contribution in [3.05, 3.63) is 88.2 Å². The second-order valence-electron chi connectivity index (χ2n) is 5.39. The summed E-state index contributed by atoms with van der Waals surface area (Å²) in [5.74, 6) is -0.186. The largest absolute Gasteiger partial charge is 0.333 e. The molecule has 3 rings (SSSR count). The zero-order chi connectivity index (χ0) is 16.1. The number of benzene rings is 2. The average Bonchev–Trinajstić information content (AvgIpc) is 3.04. The Morgan fingerprint density at radius 1 is 1.09 bits per heavy atom. The van der Waals surface area contributed by atoms with E-state index in [4.69, 9.17) is 0 Å². The van der Waals surface area contributed by atoms with E-state index in [9.17, 15) is 4.39 Å². The lowest BCUT2D eigenvalue weighted by atomic mass is 10.1. The zero-order valence-corrected chi connectivity index (χ0v) is 14.1. The van der Waals surface area contributed by atoms with Crippen LogP contribution in [0, 0.1) is 5.82 Å². The van der Waals surface area contributed by atoms with Gasteiger partial charge in [0.25, 0.3) is 0 Å². The number of imidazole rings is 1. The Hall–Kier alpha value is -1.98. The lowest BCUT2D eigenvalue weighted by Crippen LogP contribution is -2.14. The smallest absolute Gasteiger partial charge is 0.127 e. The van der Waals surface area contributed by atoms with Gasteiger partial charge in [-0.2, -0.15) is 0 Å².